The number of benzene rings is 1. The van der Waals surface area contributed by atoms with Crippen molar-refractivity contribution in [1.82, 2.24) is 9.88 Å². The van der Waals surface area contributed by atoms with Crippen LogP contribution in [0.1, 0.15) is 42.7 Å². The van der Waals surface area contributed by atoms with Crippen molar-refractivity contribution in [3.63, 3.8) is 0 Å². The average Bonchev–Trinajstić information content (AvgIpc) is 3.20. The van der Waals surface area contributed by atoms with Crippen LogP contribution < -0.4 is 9.46 Å². The van der Waals surface area contributed by atoms with E-state index in [1.165, 1.54) is 12.8 Å². The van der Waals surface area contributed by atoms with Crippen LogP contribution in [0.5, 0.6) is 5.75 Å². The molecule has 1 aliphatic rings. The first-order valence-electron chi connectivity index (χ1n) is 8.64. The van der Waals surface area contributed by atoms with Crippen molar-refractivity contribution < 1.29 is 17.7 Å². The highest BCUT2D eigenvalue weighted by molar-refractivity contribution is 7.89. The number of hydrogen-bond donors (Lipinski definition) is 1. The van der Waals surface area contributed by atoms with Crippen LogP contribution in [-0.2, 0) is 16.4 Å². The molecular weight excluding hydrogens is 340 g/mol. The molecule has 1 N–H and O–H groups in total. The van der Waals surface area contributed by atoms with E-state index < -0.39 is 10.0 Å². The smallest absolute Gasteiger partial charge is 0.240 e. The molecule has 1 aromatic carbocycles. The lowest BCUT2D eigenvalue weighted by Gasteiger charge is -2.13. The Hall–Kier alpha value is -1.86. The van der Waals surface area contributed by atoms with Crippen LogP contribution >= 0.6 is 0 Å². The van der Waals surface area contributed by atoms with Crippen molar-refractivity contribution in [2.24, 2.45) is 0 Å². The number of rotatable bonds is 7. The summed E-state index contributed by atoms with van der Waals surface area (Å²) in [5.41, 5.74) is 1.74. The van der Waals surface area contributed by atoms with Gasteiger partial charge in [-0.2, -0.15) is 0 Å². The second kappa shape index (κ2) is 7.58. The summed E-state index contributed by atoms with van der Waals surface area (Å²) >= 11 is 0. The Morgan fingerprint density at radius 1 is 1.20 bits per heavy atom. The molecule has 2 aromatic rings. The standard InChI is InChI=1S/C18H24N2O4S/c1-13-18(14(2)24-20-13)11-12-19-25(21,22)17-9-7-16(8-10-17)23-15-5-3-4-6-15/h7-10,15,19H,3-6,11-12H2,1-2H3. The van der Waals surface area contributed by atoms with Gasteiger partial charge in [-0.15, -0.1) is 0 Å². The number of nitrogens with one attached hydrogen (secondary N) is 1. The molecule has 0 radical (unpaired) electrons. The lowest BCUT2D eigenvalue weighted by atomic mass is 10.1. The fourth-order valence-corrected chi connectivity index (χ4v) is 4.18. The zero-order valence-corrected chi connectivity index (χ0v) is 15.4. The van der Waals surface area contributed by atoms with Crippen LogP contribution in [0.4, 0.5) is 0 Å². The first-order valence-corrected chi connectivity index (χ1v) is 10.1. The maximum atomic E-state index is 12.4. The number of sulfonamides is 1. The first kappa shape index (κ1) is 17.9. The molecular formula is C18H24N2O4S. The third-order valence-corrected chi connectivity index (χ3v) is 6.06. The van der Waals surface area contributed by atoms with Gasteiger partial charge in [0, 0.05) is 12.1 Å². The maximum absolute atomic E-state index is 12.4. The summed E-state index contributed by atoms with van der Waals surface area (Å²) in [6, 6.07) is 6.62. The van der Waals surface area contributed by atoms with Gasteiger partial charge in [0.2, 0.25) is 10.0 Å². The van der Waals surface area contributed by atoms with Crippen LogP contribution in [0.25, 0.3) is 0 Å². The van der Waals surface area contributed by atoms with Gasteiger partial charge < -0.3 is 9.26 Å². The highest BCUT2D eigenvalue weighted by Gasteiger charge is 2.18. The fraction of sp³-hybridized carbons (Fsp3) is 0.500. The van der Waals surface area contributed by atoms with E-state index in [1.807, 2.05) is 13.8 Å². The van der Waals surface area contributed by atoms with Crippen LogP contribution in [-0.4, -0.2) is 26.2 Å². The SMILES string of the molecule is Cc1noc(C)c1CCNS(=O)(=O)c1ccc(OC2CCCC2)cc1. The molecule has 1 fully saturated rings. The highest BCUT2D eigenvalue weighted by Crippen LogP contribution is 2.25. The molecule has 7 heteroatoms. The second-order valence-corrected chi connectivity index (χ2v) is 8.21. The van der Waals surface area contributed by atoms with Crippen molar-refractivity contribution in [1.29, 1.82) is 0 Å². The van der Waals surface area contributed by atoms with Gasteiger partial charge in [-0.1, -0.05) is 5.16 Å². The van der Waals surface area contributed by atoms with Gasteiger partial charge in [-0.25, -0.2) is 13.1 Å². The molecule has 25 heavy (non-hydrogen) atoms. The third-order valence-electron chi connectivity index (χ3n) is 4.59. The topological polar surface area (TPSA) is 81.4 Å². The molecule has 0 atom stereocenters. The van der Waals surface area contributed by atoms with E-state index in [0.717, 1.165) is 35.6 Å². The summed E-state index contributed by atoms with van der Waals surface area (Å²) in [6.07, 6.45) is 5.35. The summed E-state index contributed by atoms with van der Waals surface area (Å²) in [4.78, 5) is 0.241. The van der Waals surface area contributed by atoms with Gasteiger partial charge in [0.15, 0.2) is 0 Å². The summed E-state index contributed by atoms with van der Waals surface area (Å²) < 4.78 is 38.4. The molecule has 1 saturated carbocycles. The van der Waals surface area contributed by atoms with E-state index >= 15 is 0 Å². The van der Waals surface area contributed by atoms with Crippen molar-refractivity contribution >= 4 is 10.0 Å². The number of aromatic nitrogens is 1. The minimum Gasteiger partial charge on any atom is -0.490 e. The predicted molar refractivity (Wildman–Crippen MR) is 94.2 cm³/mol. The molecule has 0 amide bonds. The van der Waals surface area contributed by atoms with E-state index in [0.29, 0.717) is 13.0 Å². The summed E-state index contributed by atoms with van der Waals surface area (Å²) in [5, 5.41) is 3.87. The van der Waals surface area contributed by atoms with Crippen molar-refractivity contribution in [3.05, 3.63) is 41.3 Å². The van der Waals surface area contributed by atoms with Gasteiger partial charge in [0.25, 0.3) is 0 Å². The van der Waals surface area contributed by atoms with Gasteiger partial charge in [0.05, 0.1) is 16.7 Å². The van der Waals surface area contributed by atoms with E-state index in [2.05, 4.69) is 9.88 Å². The highest BCUT2D eigenvalue weighted by atomic mass is 32.2. The quantitative estimate of drug-likeness (QED) is 0.816. The molecule has 0 spiro atoms. The molecule has 6 nitrogen and oxygen atoms in total. The summed E-state index contributed by atoms with van der Waals surface area (Å²) in [5.74, 6) is 1.45. The van der Waals surface area contributed by atoms with E-state index in [-0.39, 0.29) is 11.0 Å². The molecule has 3 rings (SSSR count). The average molecular weight is 364 g/mol. The van der Waals surface area contributed by atoms with E-state index in [1.54, 1.807) is 24.3 Å². The second-order valence-electron chi connectivity index (χ2n) is 6.45. The van der Waals surface area contributed by atoms with Crippen LogP contribution in [0.2, 0.25) is 0 Å². The minimum absolute atomic E-state index is 0.241. The van der Waals surface area contributed by atoms with Crippen LogP contribution in [0.3, 0.4) is 0 Å². The summed E-state index contributed by atoms with van der Waals surface area (Å²) in [6.45, 7) is 3.97. The lowest BCUT2D eigenvalue weighted by molar-refractivity contribution is 0.210. The number of ether oxygens (including phenoxy) is 1. The molecule has 0 unspecified atom stereocenters. The Bertz CT molecular complexity index is 787. The monoisotopic (exact) mass is 364 g/mol. The van der Waals surface area contributed by atoms with Gasteiger partial charge >= 0.3 is 0 Å². The predicted octanol–water partition coefficient (Wildman–Crippen LogP) is 3.13. The van der Waals surface area contributed by atoms with Crippen molar-refractivity contribution in [2.75, 3.05) is 6.54 Å². The first-order chi connectivity index (χ1) is 12.0. The zero-order valence-electron chi connectivity index (χ0n) is 14.6. The summed E-state index contributed by atoms with van der Waals surface area (Å²) in [7, 11) is -3.54. The van der Waals surface area contributed by atoms with Gasteiger partial charge in [0.1, 0.15) is 11.5 Å². The van der Waals surface area contributed by atoms with Crippen LogP contribution in [0, 0.1) is 13.8 Å². The van der Waals surface area contributed by atoms with E-state index in [9.17, 15) is 8.42 Å². The van der Waals surface area contributed by atoms with Crippen molar-refractivity contribution in [3.8, 4) is 5.75 Å². The Morgan fingerprint density at radius 3 is 2.48 bits per heavy atom. The van der Waals surface area contributed by atoms with Crippen LogP contribution in [0.15, 0.2) is 33.7 Å². The Labute approximate surface area is 148 Å². The minimum atomic E-state index is -3.54. The number of nitrogens with zero attached hydrogens (tertiary/aromatic N) is 1. The Kier molecular flexibility index (Phi) is 5.44. The Morgan fingerprint density at radius 2 is 1.88 bits per heavy atom. The lowest BCUT2D eigenvalue weighted by Crippen LogP contribution is -2.26. The van der Waals surface area contributed by atoms with Gasteiger partial charge in [-0.05, 0) is 70.2 Å². The van der Waals surface area contributed by atoms with Crippen molar-refractivity contribution in [2.45, 2.75) is 57.0 Å². The molecule has 1 aromatic heterocycles. The number of hydrogen-bond acceptors (Lipinski definition) is 5. The maximum Gasteiger partial charge on any atom is 0.240 e. The zero-order chi connectivity index (χ0) is 17.9. The molecule has 0 bridgehead atoms. The molecule has 1 heterocycles. The molecule has 0 aliphatic heterocycles. The van der Waals surface area contributed by atoms with E-state index in [4.69, 9.17) is 9.26 Å². The number of aryl methyl sites for hydroxylation is 2. The largest absolute Gasteiger partial charge is 0.490 e. The molecule has 136 valence electrons. The molecule has 0 saturated heterocycles. The molecule has 1 aliphatic carbocycles. The fourth-order valence-electron chi connectivity index (χ4n) is 3.15. The third kappa shape index (κ3) is 4.41. The van der Waals surface area contributed by atoms with Gasteiger partial charge in [-0.3, -0.25) is 0 Å². The normalized spacial score (nSPS) is 15.6. The Balaban J connectivity index is 1.57.